The molecule has 0 amide bonds. The molecule has 0 radical (unpaired) electrons. The van der Waals surface area contributed by atoms with Gasteiger partial charge in [-0.05, 0) is 65.5 Å². The van der Waals surface area contributed by atoms with Gasteiger partial charge in [-0.3, -0.25) is 0 Å². The van der Waals surface area contributed by atoms with E-state index in [-0.39, 0.29) is 0 Å². The first-order valence-electron chi connectivity index (χ1n) is 6.11. The van der Waals surface area contributed by atoms with Gasteiger partial charge in [0.05, 0.1) is 0 Å². The number of benzene rings is 2. The second-order valence-corrected chi connectivity index (χ2v) is 6.25. The fourth-order valence-electron chi connectivity index (χ4n) is 1.70. The quantitative estimate of drug-likeness (QED) is 0.676. The molecule has 0 heterocycles. The van der Waals surface area contributed by atoms with E-state index in [1.807, 2.05) is 30.3 Å². The first-order valence-corrected chi connectivity index (χ1v) is 7.99. The lowest BCUT2D eigenvalue weighted by Crippen LogP contribution is -2.12. The van der Waals surface area contributed by atoms with E-state index in [1.54, 1.807) is 0 Å². The Morgan fingerprint density at radius 3 is 2.79 bits per heavy atom. The summed E-state index contributed by atoms with van der Waals surface area (Å²) < 4.78 is 8.21. The van der Waals surface area contributed by atoms with Crippen molar-refractivity contribution >= 4 is 38.5 Å². The summed E-state index contributed by atoms with van der Waals surface area (Å²) in [7, 11) is 0. The Morgan fingerprint density at radius 2 is 2.05 bits per heavy atom. The molecule has 2 aromatic carbocycles. The molecule has 0 fully saturated rings. The number of ether oxygens (including phenoxy) is 1. The van der Waals surface area contributed by atoms with Gasteiger partial charge in [0.2, 0.25) is 0 Å². The zero-order valence-electron chi connectivity index (χ0n) is 10.6. The highest BCUT2D eigenvalue weighted by atomic mass is 127. The van der Waals surface area contributed by atoms with Crippen LogP contribution >= 0.6 is 38.5 Å². The fraction of sp³-hybridized carbons (Fsp3) is 0.200. The van der Waals surface area contributed by atoms with Crippen LogP contribution in [0.3, 0.4) is 0 Å². The minimum absolute atomic E-state index is 0.801. The fourth-order valence-corrected chi connectivity index (χ4v) is 2.63. The second-order valence-electron chi connectivity index (χ2n) is 4.09. The van der Waals surface area contributed by atoms with E-state index in [0.717, 1.165) is 34.6 Å². The van der Waals surface area contributed by atoms with Gasteiger partial charge < -0.3 is 10.1 Å². The molecule has 0 atom stereocenters. The summed E-state index contributed by atoms with van der Waals surface area (Å²) in [4.78, 5) is 0. The monoisotopic (exact) mass is 431 g/mol. The van der Waals surface area contributed by atoms with Crippen molar-refractivity contribution in [2.75, 3.05) is 6.54 Å². The van der Waals surface area contributed by atoms with E-state index in [1.165, 1.54) is 3.57 Å². The SMILES string of the molecule is CCNCc1cc(Br)ccc1Oc1cccc(I)c1. The van der Waals surface area contributed by atoms with Crippen molar-refractivity contribution in [3.05, 3.63) is 56.1 Å². The van der Waals surface area contributed by atoms with E-state index in [2.05, 4.69) is 62.9 Å². The van der Waals surface area contributed by atoms with Crippen LogP contribution in [-0.2, 0) is 6.54 Å². The van der Waals surface area contributed by atoms with E-state index in [4.69, 9.17) is 4.74 Å². The molecule has 100 valence electrons. The summed E-state index contributed by atoms with van der Waals surface area (Å²) in [6.45, 7) is 3.84. The van der Waals surface area contributed by atoms with Crippen LogP contribution in [0, 0.1) is 3.57 Å². The highest BCUT2D eigenvalue weighted by Gasteiger charge is 2.06. The van der Waals surface area contributed by atoms with Crippen molar-refractivity contribution in [3.8, 4) is 11.5 Å². The molecule has 0 aliphatic heterocycles. The summed E-state index contributed by atoms with van der Waals surface area (Å²) in [6.07, 6.45) is 0. The van der Waals surface area contributed by atoms with Crippen LogP contribution in [0.25, 0.3) is 0 Å². The molecule has 2 nitrogen and oxygen atoms in total. The molecule has 0 spiro atoms. The zero-order chi connectivity index (χ0) is 13.7. The third-order valence-electron chi connectivity index (χ3n) is 2.61. The summed E-state index contributed by atoms with van der Waals surface area (Å²) in [5, 5.41) is 3.33. The maximum Gasteiger partial charge on any atom is 0.131 e. The van der Waals surface area contributed by atoms with Gasteiger partial charge in [-0.1, -0.05) is 28.9 Å². The Hall–Kier alpha value is -0.590. The predicted octanol–water partition coefficient (Wildman–Crippen LogP) is 4.96. The van der Waals surface area contributed by atoms with E-state index < -0.39 is 0 Å². The number of halogens is 2. The van der Waals surface area contributed by atoms with Crippen LogP contribution < -0.4 is 10.1 Å². The minimum Gasteiger partial charge on any atom is -0.457 e. The molecule has 4 heteroatoms. The lowest BCUT2D eigenvalue weighted by molar-refractivity contribution is 0.473. The van der Waals surface area contributed by atoms with Gasteiger partial charge >= 0.3 is 0 Å². The molecular weight excluding hydrogens is 417 g/mol. The number of hydrogen-bond donors (Lipinski definition) is 1. The third kappa shape index (κ3) is 4.47. The highest BCUT2D eigenvalue weighted by molar-refractivity contribution is 14.1. The van der Waals surface area contributed by atoms with E-state index in [9.17, 15) is 0 Å². The summed E-state index contributed by atoms with van der Waals surface area (Å²) in [5.41, 5.74) is 1.15. The van der Waals surface area contributed by atoms with Crippen LogP contribution in [0.2, 0.25) is 0 Å². The minimum atomic E-state index is 0.801. The van der Waals surface area contributed by atoms with Gasteiger partial charge in [0.1, 0.15) is 11.5 Å². The van der Waals surface area contributed by atoms with E-state index in [0.29, 0.717) is 0 Å². The Kier molecular flexibility index (Phi) is 5.66. The largest absolute Gasteiger partial charge is 0.457 e. The Labute approximate surface area is 135 Å². The van der Waals surface area contributed by atoms with Crippen LogP contribution in [-0.4, -0.2) is 6.54 Å². The zero-order valence-corrected chi connectivity index (χ0v) is 14.4. The third-order valence-corrected chi connectivity index (χ3v) is 3.78. The molecule has 0 unspecified atom stereocenters. The van der Waals surface area contributed by atoms with Crippen molar-refractivity contribution in [2.45, 2.75) is 13.5 Å². The van der Waals surface area contributed by atoms with Gasteiger partial charge in [-0.25, -0.2) is 0 Å². The van der Waals surface area contributed by atoms with Crippen molar-refractivity contribution < 1.29 is 4.74 Å². The molecule has 0 aliphatic carbocycles. The second kappa shape index (κ2) is 7.26. The summed E-state index contributed by atoms with van der Waals surface area (Å²) in [5.74, 6) is 1.76. The highest BCUT2D eigenvalue weighted by Crippen LogP contribution is 2.28. The summed E-state index contributed by atoms with van der Waals surface area (Å²) in [6, 6.07) is 14.1. The van der Waals surface area contributed by atoms with Crippen LogP contribution in [0.1, 0.15) is 12.5 Å². The lowest BCUT2D eigenvalue weighted by Gasteiger charge is -2.12. The molecule has 1 N–H and O–H groups in total. The molecular formula is C15H15BrINO. The number of nitrogens with one attached hydrogen (secondary N) is 1. The first kappa shape index (κ1) is 14.8. The average molecular weight is 432 g/mol. The standard InChI is InChI=1S/C15H15BrINO/c1-2-18-10-11-8-12(16)6-7-15(11)19-14-5-3-4-13(17)9-14/h3-9,18H,2,10H2,1H3. The molecule has 2 aromatic rings. The van der Waals surface area contributed by atoms with Gasteiger partial charge in [0.25, 0.3) is 0 Å². The van der Waals surface area contributed by atoms with Crippen LogP contribution in [0.4, 0.5) is 0 Å². The first-order chi connectivity index (χ1) is 9.19. The molecule has 0 aliphatic rings. The van der Waals surface area contributed by atoms with Crippen molar-refractivity contribution in [1.82, 2.24) is 5.32 Å². The molecule has 2 rings (SSSR count). The maximum absolute atomic E-state index is 5.98. The van der Waals surface area contributed by atoms with Gasteiger partial charge in [0.15, 0.2) is 0 Å². The Morgan fingerprint density at radius 1 is 1.21 bits per heavy atom. The average Bonchev–Trinajstić information content (AvgIpc) is 2.39. The normalized spacial score (nSPS) is 10.5. The lowest BCUT2D eigenvalue weighted by atomic mass is 10.2. The maximum atomic E-state index is 5.98. The Balaban J connectivity index is 2.23. The number of rotatable bonds is 5. The molecule has 0 saturated carbocycles. The smallest absolute Gasteiger partial charge is 0.131 e. The van der Waals surface area contributed by atoms with Gasteiger partial charge in [-0.15, -0.1) is 0 Å². The topological polar surface area (TPSA) is 21.3 Å². The van der Waals surface area contributed by atoms with Crippen molar-refractivity contribution in [1.29, 1.82) is 0 Å². The van der Waals surface area contributed by atoms with Gasteiger partial charge in [0, 0.05) is 20.2 Å². The number of hydrogen-bond acceptors (Lipinski definition) is 2. The molecule has 0 bridgehead atoms. The molecule has 0 saturated heterocycles. The summed E-state index contributed by atoms with van der Waals surface area (Å²) >= 11 is 5.79. The van der Waals surface area contributed by atoms with Crippen molar-refractivity contribution in [2.24, 2.45) is 0 Å². The van der Waals surface area contributed by atoms with E-state index >= 15 is 0 Å². The molecule has 19 heavy (non-hydrogen) atoms. The van der Waals surface area contributed by atoms with Crippen LogP contribution in [0.15, 0.2) is 46.9 Å². The van der Waals surface area contributed by atoms with Gasteiger partial charge in [-0.2, -0.15) is 0 Å². The molecule has 0 aromatic heterocycles. The van der Waals surface area contributed by atoms with Crippen LogP contribution in [0.5, 0.6) is 11.5 Å². The Bertz CT molecular complexity index is 560. The van der Waals surface area contributed by atoms with Crippen molar-refractivity contribution in [3.63, 3.8) is 0 Å². The predicted molar refractivity (Wildman–Crippen MR) is 90.8 cm³/mol.